The topological polar surface area (TPSA) is 50.4 Å². The van der Waals surface area contributed by atoms with Gasteiger partial charge in [0.15, 0.2) is 0 Å². The first-order valence-electron chi connectivity index (χ1n) is 4.60. The van der Waals surface area contributed by atoms with E-state index < -0.39 is 24.2 Å². The molecular formula is C8H12F2N2O2. The summed E-state index contributed by atoms with van der Waals surface area (Å²) in [6.45, 7) is 1.05. The summed E-state index contributed by atoms with van der Waals surface area (Å²) in [5.41, 5.74) is -0.899. The van der Waals surface area contributed by atoms with Crippen LogP contribution in [0.15, 0.2) is 0 Å². The highest BCUT2D eigenvalue weighted by atomic mass is 19.3. The molecule has 0 aliphatic carbocycles. The van der Waals surface area contributed by atoms with E-state index in [0.717, 1.165) is 0 Å². The van der Waals surface area contributed by atoms with E-state index >= 15 is 0 Å². The molecule has 0 aromatic carbocycles. The third-order valence-electron chi connectivity index (χ3n) is 2.76. The van der Waals surface area contributed by atoms with Crippen molar-refractivity contribution in [3.05, 3.63) is 0 Å². The Morgan fingerprint density at radius 3 is 3.14 bits per heavy atom. The molecule has 2 saturated heterocycles. The summed E-state index contributed by atoms with van der Waals surface area (Å²) >= 11 is 0. The van der Waals surface area contributed by atoms with Crippen molar-refractivity contribution in [2.75, 3.05) is 13.1 Å². The molecule has 1 amide bonds. The van der Waals surface area contributed by atoms with Crippen LogP contribution in [-0.4, -0.2) is 37.3 Å². The van der Waals surface area contributed by atoms with Gasteiger partial charge in [0.2, 0.25) is 6.43 Å². The normalized spacial score (nSPS) is 36.5. The molecule has 2 atom stereocenters. The molecule has 2 heterocycles. The van der Waals surface area contributed by atoms with Gasteiger partial charge in [0, 0.05) is 13.0 Å². The minimum absolute atomic E-state index is 0.351. The molecule has 0 radical (unpaired) electrons. The Morgan fingerprint density at radius 1 is 1.64 bits per heavy atom. The summed E-state index contributed by atoms with van der Waals surface area (Å²) in [5, 5.41) is 5.49. The van der Waals surface area contributed by atoms with Crippen molar-refractivity contribution in [3.63, 3.8) is 0 Å². The number of hydrogen-bond acceptors (Lipinski definition) is 3. The standard InChI is InChI=1S/C8H12F2N2O2/c9-6(10)3-8-4-11-2-1-5(8)14-7(13)12-8/h5-6,11H,1-4H2,(H,12,13). The number of nitrogens with one attached hydrogen (secondary N) is 2. The fourth-order valence-electron chi connectivity index (χ4n) is 2.12. The zero-order valence-corrected chi connectivity index (χ0v) is 7.56. The Hall–Kier alpha value is -0.910. The fourth-order valence-corrected chi connectivity index (χ4v) is 2.12. The van der Waals surface area contributed by atoms with Crippen LogP contribution in [-0.2, 0) is 4.74 Å². The second-order valence-corrected chi connectivity index (χ2v) is 3.74. The molecule has 0 aromatic heterocycles. The van der Waals surface area contributed by atoms with Gasteiger partial charge in [0.25, 0.3) is 0 Å². The highest BCUT2D eigenvalue weighted by Crippen LogP contribution is 2.31. The number of hydrogen-bond donors (Lipinski definition) is 2. The average molecular weight is 206 g/mol. The molecular weight excluding hydrogens is 194 g/mol. The van der Waals surface area contributed by atoms with Crippen LogP contribution in [0, 0.1) is 0 Å². The van der Waals surface area contributed by atoms with Crippen molar-refractivity contribution >= 4 is 6.09 Å². The Morgan fingerprint density at radius 2 is 2.43 bits per heavy atom. The largest absolute Gasteiger partial charge is 0.444 e. The van der Waals surface area contributed by atoms with E-state index in [9.17, 15) is 13.6 Å². The summed E-state index contributed by atoms with van der Waals surface area (Å²) in [4.78, 5) is 11.0. The van der Waals surface area contributed by atoms with Gasteiger partial charge in [0.1, 0.15) is 6.10 Å². The number of ether oxygens (including phenoxy) is 1. The van der Waals surface area contributed by atoms with Crippen molar-refractivity contribution in [2.24, 2.45) is 0 Å². The minimum atomic E-state index is -2.43. The lowest BCUT2D eigenvalue weighted by Gasteiger charge is -2.36. The number of fused-ring (bicyclic) bond motifs is 1. The van der Waals surface area contributed by atoms with Crippen LogP contribution in [0.5, 0.6) is 0 Å². The van der Waals surface area contributed by atoms with E-state index in [4.69, 9.17) is 4.74 Å². The second-order valence-electron chi connectivity index (χ2n) is 3.74. The van der Waals surface area contributed by atoms with Crippen LogP contribution in [0.1, 0.15) is 12.8 Å². The first kappa shape index (κ1) is 9.64. The van der Waals surface area contributed by atoms with Crippen molar-refractivity contribution in [1.82, 2.24) is 10.6 Å². The summed E-state index contributed by atoms with van der Waals surface area (Å²) in [5.74, 6) is 0. The molecule has 0 spiro atoms. The lowest BCUT2D eigenvalue weighted by Crippen LogP contribution is -2.60. The second kappa shape index (κ2) is 3.34. The van der Waals surface area contributed by atoms with Gasteiger partial charge in [-0.3, -0.25) is 0 Å². The van der Waals surface area contributed by atoms with Gasteiger partial charge in [-0.05, 0) is 13.0 Å². The van der Waals surface area contributed by atoms with Crippen LogP contribution in [0.3, 0.4) is 0 Å². The van der Waals surface area contributed by atoms with Crippen molar-refractivity contribution in [3.8, 4) is 0 Å². The summed E-state index contributed by atoms with van der Waals surface area (Å²) in [7, 11) is 0. The molecule has 0 saturated carbocycles. The van der Waals surface area contributed by atoms with Crippen LogP contribution in [0.4, 0.5) is 13.6 Å². The number of carbonyl (C=O) groups excluding carboxylic acids is 1. The molecule has 2 fully saturated rings. The van der Waals surface area contributed by atoms with Crippen LogP contribution >= 0.6 is 0 Å². The van der Waals surface area contributed by atoms with E-state index in [2.05, 4.69) is 10.6 Å². The van der Waals surface area contributed by atoms with Gasteiger partial charge < -0.3 is 15.4 Å². The Balaban J connectivity index is 2.14. The van der Waals surface area contributed by atoms with Gasteiger partial charge in [0.05, 0.1) is 5.54 Å². The minimum Gasteiger partial charge on any atom is -0.444 e. The highest BCUT2D eigenvalue weighted by molar-refractivity contribution is 5.71. The fraction of sp³-hybridized carbons (Fsp3) is 0.875. The number of alkyl carbamates (subject to hydrolysis) is 1. The van der Waals surface area contributed by atoms with E-state index in [1.807, 2.05) is 0 Å². The summed E-state index contributed by atoms with van der Waals surface area (Å²) < 4.78 is 29.6. The molecule has 2 unspecified atom stereocenters. The van der Waals surface area contributed by atoms with E-state index in [0.29, 0.717) is 19.5 Å². The molecule has 2 aliphatic rings. The molecule has 0 aromatic rings. The maximum atomic E-state index is 12.3. The lowest BCUT2D eigenvalue weighted by atomic mass is 9.85. The van der Waals surface area contributed by atoms with Gasteiger partial charge in [-0.1, -0.05) is 0 Å². The van der Waals surface area contributed by atoms with E-state index in [1.54, 1.807) is 0 Å². The first-order valence-corrected chi connectivity index (χ1v) is 4.60. The third kappa shape index (κ3) is 1.54. The molecule has 0 bridgehead atoms. The third-order valence-corrected chi connectivity index (χ3v) is 2.76. The molecule has 6 heteroatoms. The Bertz CT molecular complexity index is 249. The number of piperidine rings is 1. The molecule has 14 heavy (non-hydrogen) atoms. The van der Waals surface area contributed by atoms with Gasteiger partial charge in [-0.25, -0.2) is 13.6 Å². The number of rotatable bonds is 2. The molecule has 80 valence electrons. The molecule has 2 rings (SSSR count). The Kier molecular flexibility index (Phi) is 2.30. The lowest BCUT2D eigenvalue weighted by molar-refractivity contribution is 0.0369. The van der Waals surface area contributed by atoms with Gasteiger partial charge >= 0.3 is 6.09 Å². The van der Waals surface area contributed by atoms with Crippen molar-refractivity contribution in [1.29, 1.82) is 0 Å². The number of halogens is 2. The average Bonchev–Trinajstić information content (AvgIpc) is 2.38. The number of alkyl halides is 2. The SMILES string of the molecule is O=C1NC2(CC(F)F)CNCCC2O1. The maximum Gasteiger partial charge on any atom is 0.408 e. The monoisotopic (exact) mass is 206 g/mol. The molecule has 2 aliphatic heterocycles. The smallest absolute Gasteiger partial charge is 0.408 e. The predicted octanol–water partition coefficient (Wildman–Crippen LogP) is 0.482. The van der Waals surface area contributed by atoms with E-state index in [-0.39, 0.29) is 6.42 Å². The maximum absolute atomic E-state index is 12.3. The molecule has 4 nitrogen and oxygen atoms in total. The van der Waals surface area contributed by atoms with Crippen molar-refractivity contribution < 1.29 is 18.3 Å². The zero-order valence-electron chi connectivity index (χ0n) is 7.56. The Labute approximate surface area is 80.0 Å². The van der Waals surface area contributed by atoms with Gasteiger partial charge in [-0.15, -0.1) is 0 Å². The van der Waals surface area contributed by atoms with Crippen LogP contribution < -0.4 is 10.6 Å². The highest BCUT2D eigenvalue weighted by Gasteiger charge is 2.51. The van der Waals surface area contributed by atoms with Gasteiger partial charge in [-0.2, -0.15) is 0 Å². The first-order chi connectivity index (χ1) is 6.62. The zero-order chi connectivity index (χ0) is 10.2. The summed E-state index contributed by atoms with van der Waals surface area (Å²) in [6.07, 6.45) is -3.19. The van der Waals surface area contributed by atoms with Crippen LogP contribution in [0.2, 0.25) is 0 Å². The van der Waals surface area contributed by atoms with E-state index in [1.165, 1.54) is 0 Å². The summed E-state index contributed by atoms with van der Waals surface area (Å²) in [6, 6.07) is 0. The molecule has 2 N–H and O–H groups in total. The predicted molar refractivity (Wildman–Crippen MR) is 44.2 cm³/mol. The quantitative estimate of drug-likeness (QED) is 0.691. The van der Waals surface area contributed by atoms with Crippen LogP contribution in [0.25, 0.3) is 0 Å². The number of carbonyl (C=O) groups is 1. The van der Waals surface area contributed by atoms with Crippen molar-refractivity contribution in [2.45, 2.75) is 30.9 Å². The number of amides is 1.